The summed E-state index contributed by atoms with van der Waals surface area (Å²) in [6.07, 6.45) is 3.33. The lowest BCUT2D eigenvalue weighted by Crippen LogP contribution is -1.96. The van der Waals surface area contributed by atoms with E-state index >= 15 is 0 Å². The standard InChI is InChI=1S/C12H20O2/c1-9(2)7-11-10(12(11,3)4)5-6-14-8-13/h7-8,10-11H,5-6H2,1-4H3. The van der Waals surface area contributed by atoms with Crippen LogP contribution in [0.15, 0.2) is 11.6 Å². The fraction of sp³-hybridized carbons (Fsp3) is 0.750. The Morgan fingerprint density at radius 1 is 1.43 bits per heavy atom. The molecule has 14 heavy (non-hydrogen) atoms. The van der Waals surface area contributed by atoms with E-state index in [1.54, 1.807) is 0 Å². The first-order valence-electron chi connectivity index (χ1n) is 5.20. The molecule has 0 heterocycles. The number of allylic oxidation sites excluding steroid dienone is 2. The molecule has 0 bridgehead atoms. The van der Waals surface area contributed by atoms with Crippen molar-refractivity contribution in [2.75, 3.05) is 6.61 Å². The third kappa shape index (κ3) is 2.37. The zero-order valence-electron chi connectivity index (χ0n) is 9.54. The minimum absolute atomic E-state index is 0.392. The van der Waals surface area contributed by atoms with E-state index in [0.29, 0.717) is 30.3 Å². The van der Waals surface area contributed by atoms with Gasteiger partial charge in [0.15, 0.2) is 0 Å². The van der Waals surface area contributed by atoms with Crippen LogP contribution in [0.1, 0.15) is 34.1 Å². The van der Waals surface area contributed by atoms with Crippen LogP contribution in [0, 0.1) is 17.3 Å². The average molecular weight is 196 g/mol. The molecule has 2 nitrogen and oxygen atoms in total. The molecular formula is C12H20O2. The lowest BCUT2D eigenvalue weighted by molar-refractivity contribution is -0.128. The van der Waals surface area contributed by atoms with Crippen molar-refractivity contribution >= 4 is 6.47 Å². The summed E-state index contributed by atoms with van der Waals surface area (Å²) in [5, 5.41) is 0. The van der Waals surface area contributed by atoms with Crippen molar-refractivity contribution in [1.82, 2.24) is 0 Å². The highest BCUT2D eigenvalue weighted by atomic mass is 16.5. The Morgan fingerprint density at radius 3 is 2.57 bits per heavy atom. The third-order valence-corrected chi connectivity index (χ3v) is 3.27. The summed E-state index contributed by atoms with van der Waals surface area (Å²) in [6, 6.07) is 0. The monoisotopic (exact) mass is 196 g/mol. The lowest BCUT2D eigenvalue weighted by atomic mass is 10.1. The molecule has 0 radical (unpaired) electrons. The van der Waals surface area contributed by atoms with Gasteiger partial charge in [0.25, 0.3) is 6.47 Å². The molecule has 2 unspecified atom stereocenters. The Balaban J connectivity index is 2.41. The fourth-order valence-electron chi connectivity index (χ4n) is 2.27. The molecule has 0 spiro atoms. The lowest BCUT2D eigenvalue weighted by Gasteiger charge is -2.00. The van der Waals surface area contributed by atoms with Crippen LogP contribution in [0.5, 0.6) is 0 Å². The summed E-state index contributed by atoms with van der Waals surface area (Å²) in [7, 11) is 0. The number of hydrogen-bond donors (Lipinski definition) is 0. The molecule has 1 aliphatic rings. The maximum Gasteiger partial charge on any atom is 0.293 e. The summed E-state index contributed by atoms with van der Waals surface area (Å²) in [5.74, 6) is 1.35. The van der Waals surface area contributed by atoms with Gasteiger partial charge in [0.2, 0.25) is 0 Å². The van der Waals surface area contributed by atoms with Crippen LogP contribution in [0.3, 0.4) is 0 Å². The Hall–Kier alpha value is -0.790. The molecule has 2 heteroatoms. The van der Waals surface area contributed by atoms with E-state index in [9.17, 15) is 4.79 Å². The molecular weight excluding hydrogens is 176 g/mol. The molecule has 2 atom stereocenters. The highest BCUT2D eigenvalue weighted by Gasteiger charge is 2.55. The van der Waals surface area contributed by atoms with Gasteiger partial charge in [-0.3, -0.25) is 4.79 Å². The van der Waals surface area contributed by atoms with E-state index in [4.69, 9.17) is 4.74 Å². The summed E-state index contributed by atoms with van der Waals surface area (Å²) in [6.45, 7) is 9.92. The van der Waals surface area contributed by atoms with Crippen molar-refractivity contribution in [1.29, 1.82) is 0 Å². The van der Waals surface area contributed by atoms with Gasteiger partial charge in [-0.25, -0.2) is 0 Å². The van der Waals surface area contributed by atoms with Crippen LogP contribution in [-0.2, 0) is 9.53 Å². The van der Waals surface area contributed by atoms with Gasteiger partial charge in [0, 0.05) is 0 Å². The number of hydrogen-bond acceptors (Lipinski definition) is 2. The summed E-state index contributed by atoms with van der Waals surface area (Å²) < 4.78 is 4.73. The summed E-state index contributed by atoms with van der Waals surface area (Å²) >= 11 is 0. The quantitative estimate of drug-likeness (QED) is 0.384. The molecule has 0 amide bonds. The van der Waals surface area contributed by atoms with Gasteiger partial charge in [-0.2, -0.15) is 0 Å². The van der Waals surface area contributed by atoms with Crippen LogP contribution in [0.2, 0.25) is 0 Å². The minimum Gasteiger partial charge on any atom is -0.468 e. The molecule has 0 aliphatic heterocycles. The zero-order chi connectivity index (χ0) is 10.8. The van der Waals surface area contributed by atoms with Crippen molar-refractivity contribution in [2.24, 2.45) is 17.3 Å². The van der Waals surface area contributed by atoms with Crippen LogP contribution < -0.4 is 0 Å². The van der Waals surface area contributed by atoms with Crippen LogP contribution in [0.4, 0.5) is 0 Å². The van der Waals surface area contributed by atoms with E-state index in [1.807, 2.05) is 0 Å². The van der Waals surface area contributed by atoms with Crippen molar-refractivity contribution in [3.8, 4) is 0 Å². The second kappa shape index (κ2) is 4.16. The highest BCUT2D eigenvalue weighted by molar-refractivity contribution is 5.36. The number of ether oxygens (including phenoxy) is 1. The molecule has 0 N–H and O–H groups in total. The van der Waals surface area contributed by atoms with E-state index in [1.165, 1.54) is 5.57 Å². The van der Waals surface area contributed by atoms with Crippen molar-refractivity contribution in [3.63, 3.8) is 0 Å². The van der Waals surface area contributed by atoms with E-state index in [-0.39, 0.29) is 0 Å². The molecule has 0 saturated heterocycles. The molecule has 0 aromatic carbocycles. The van der Waals surface area contributed by atoms with Crippen LogP contribution in [-0.4, -0.2) is 13.1 Å². The van der Waals surface area contributed by atoms with Gasteiger partial charge < -0.3 is 4.74 Å². The molecule has 1 saturated carbocycles. The first-order valence-corrected chi connectivity index (χ1v) is 5.20. The van der Waals surface area contributed by atoms with E-state index < -0.39 is 0 Å². The minimum atomic E-state index is 0.392. The fourth-order valence-corrected chi connectivity index (χ4v) is 2.27. The first kappa shape index (κ1) is 11.3. The Bertz CT molecular complexity index is 237. The van der Waals surface area contributed by atoms with Crippen LogP contribution >= 0.6 is 0 Å². The van der Waals surface area contributed by atoms with Crippen LogP contribution in [0.25, 0.3) is 0 Å². The molecule has 0 aromatic heterocycles. The van der Waals surface area contributed by atoms with Crippen molar-refractivity contribution in [2.45, 2.75) is 34.1 Å². The molecule has 80 valence electrons. The average Bonchev–Trinajstić information content (AvgIpc) is 2.55. The predicted molar refractivity (Wildman–Crippen MR) is 56.8 cm³/mol. The van der Waals surface area contributed by atoms with Crippen molar-refractivity contribution in [3.05, 3.63) is 11.6 Å². The number of rotatable bonds is 5. The number of carbonyl (C=O) groups is 1. The summed E-state index contributed by atoms with van der Waals surface area (Å²) in [4.78, 5) is 9.99. The highest BCUT2D eigenvalue weighted by Crippen LogP contribution is 2.60. The van der Waals surface area contributed by atoms with Gasteiger partial charge in [-0.15, -0.1) is 0 Å². The SMILES string of the molecule is CC(C)=CC1C(CCOC=O)C1(C)C. The van der Waals surface area contributed by atoms with E-state index in [0.717, 1.165) is 6.42 Å². The Kier molecular flexibility index (Phi) is 3.35. The molecule has 1 fully saturated rings. The largest absolute Gasteiger partial charge is 0.468 e. The first-order chi connectivity index (χ1) is 6.50. The van der Waals surface area contributed by atoms with Gasteiger partial charge in [0.05, 0.1) is 6.61 Å². The second-order valence-corrected chi connectivity index (χ2v) is 4.95. The maximum absolute atomic E-state index is 9.99. The van der Waals surface area contributed by atoms with E-state index in [2.05, 4.69) is 33.8 Å². The topological polar surface area (TPSA) is 26.3 Å². The maximum atomic E-state index is 9.99. The number of carbonyl (C=O) groups excluding carboxylic acids is 1. The molecule has 1 aliphatic carbocycles. The Labute approximate surface area is 86.3 Å². The smallest absolute Gasteiger partial charge is 0.293 e. The summed E-state index contributed by atoms with van der Waals surface area (Å²) in [5.41, 5.74) is 1.77. The van der Waals surface area contributed by atoms with Gasteiger partial charge in [0.1, 0.15) is 0 Å². The second-order valence-electron chi connectivity index (χ2n) is 4.95. The predicted octanol–water partition coefficient (Wildman–Crippen LogP) is 2.79. The van der Waals surface area contributed by atoms with Gasteiger partial charge in [-0.1, -0.05) is 25.5 Å². The van der Waals surface area contributed by atoms with Gasteiger partial charge in [-0.05, 0) is 37.5 Å². The molecule has 0 aromatic rings. The van der Waals surface area contributed by atoms with Crippen molar-refractivity contribution < 1.29 is 9.53 Å². The zero-order valence-corrected chi connectivity index (χ0v) is 9.54. The molecule has 1 rings (SSSR count). The van der Waals surface area contributed by atoms with Gasteiger partial charge >= 0.3 is 0 Å². The third-order valence-electron chi connectivity index (χ3n) is 3.27. The normalized spacial score (nSPS) is 28.0. The Morgan fingerprint density at radius 2 is 2.07 bits per heavy atom.